The van der Waals surface area contributed by atoms with Crippen LogP contribution in [-0.4, -0.2) is 6.54 Å². The monoisotopic (exact) mass is 543 g/mol. The molecule has 41 heavy (non-hydrogen) atoms. The maximum atomic E-state index is 6.54. The van der Waals surface area contributed by atoms with Gasteiger partial charge in [0.1, 0.15) is 25.6 Å². The highest BCUT2D eigenvalue weighted by molar-refractivity contribution is 5.63. The predicted octanol–water partition coefficient (Wildman–Crippen LogP) is 8.64. The van der Waals surface area contributed by atoms with E-state index in [1.807, 2.05) is 66.7 Å². The van der Waals surface area contributed by atoms with Gasteiger partial charge in [0.15, 0.2) is 11.5 Å². The van der Waals surface area contributed by atoms with E-state index in [1.54, 1.807) is 0 Å². The van der Waals surface area contributed by atoms with E-state index in [9.17, 15) is 0 Å². The lowest BCUT2D eigenvalue weighted by Crippen LogP contribution is -2.08. The molecule has 0 amide bonds. The van der Waals surface area contributed by atoms with E-state index in [0.29, 0.717) is 19.8 Å². The molecule has 0 atom stereocenters. The van der Waals surface area contributed by atoms with Crippen LogP contribution in [0.5, 0.6) is 17.2 Å². The molecule has 0 aliphatic heterocycles. The van der Waals surface area contributed by atoms with Gasteiger partial charge in [0, 0.05) is 17.8 Å². The molecule has 0 aliphatic carbocycles. The predicted molar refractivity (Wildman–Crippen MR) is 167 cm³/mol. The van der Waals surface area contributed by atoms with Gasteiger partial charge in [-0.25, -0.2) is 0 Å². The van der Waals surface area contributed by atoms with E-state index >= 15 is 0 Å². The maximum absolute atomic E-state index is 6.54. The van der Waals surface area contributed by atoms with E-state index in [2.05, 4.69) is 72.9 Å². The topological polar surface area (TPSA) is 39.7 Å². The smallest absolute Gasteiger partial charge is 0.166 e. The van der Waals surface area contributed by atoms with Gasteiger partial charge in [0.25, 0.3) is 0 Å². The average molecular weight is 544 g/mol. The van der Waals surface area contributed by atoms with Crippen molar-refractivity contribution in [2.75, 3.05) is 11.9 Å². The number of aryl methyl sites for hydroxylation is 1. The largest absolute Gasteiger partial charge is 0.489 e. The molecule has 0 aromatic heterocycles. The molecule has 0 radical (unpaired) electrons. The number of benzene rings is 5. The first kappa shape index (κ1) is 27.9. The molecule has 5 rings (SSSR count). The van der Waals surface area contributed by atoms with Crippen molar-refractivity contribution < 1.29 is 14.2 Å². The number of hydrogen-bond acceptors (Lipinski definition) is 4. The summed E-state index contributed by atoms with van der Waals surface area (Å²) in [6.07, 6.45) is 1.63. The second-order valence-electron chi connectivity index (χ2n) is 9.92. The number of nitrogens with one attached hydrogen (secondary N) is 1. The lowest BCUT2D eigenvalue weighted by Gasteiger charge is -2.20. The average Bonchev–Trinajstić information content (AvgIpc) is 3.03. The van der Waals surface area contributed by atoms with Gasteiger partial charge in [0.05, 0.1) is 0 Å². The number of rotatable bonds is 14. The number of ether oxygens (including phenoxy) is 3. The fraction of sp³-hybridized carbons (Fsp3) is 0.189. The molecule has 1 N–H and O–H groups in total. The van der Waals surface area contributed by atoms with Crippen molar-refractivity contribution in [1.29, 1.82) is 0 Å². The van der Waals surface area contributed by atoms with Crippen molar-refractivity contribution in [3.63, 3.8) is 0 Å². The van der Waals surface area contributed by atoms with Crippen molar-refractivity contribution in [3.8, 4) is 17.2 Å². The van der Waals surface area contributed by atoms with E-state index in [4.69, 9.17) is 14.2 Å². The van der Waals surface area contributed by atoms with Crippen LogP contribution < -0.4 is 19.5 Å². The maximum Gasteiger partial charge on any atom is 0.166 e. The van der Waals surface area contributed by atoms with Crippen molar-refractivity contribution in [1.82, 2.24) is 0 Å². The van der Waals surface area contributed by atoms with E-state index < -0.39 is 0 Å². The third-order valence-electron chi connectivity index (χ3n) is 6.87. The fourth-order valence-corrected chi connectivity index (χ4v) is 4.75. The zero-order valence-corrected chi connectivity index (χ0v) is 23.6. The molecule has 0 fully saturated rings. The van der Waals surface area contributed by atoms with Gasteiger partial charge < -0.3 is 19.5 Å². The molecule has 5 aromatic carbocycles. The molecule has 0 spiro atoms. The molecule has 0 saturated carbocycles. The summed E-state index contributed by atoms with van der Waals surface area (Å²) in [4.78, 5) is 0. The molecular weight excluding hydrogens is 506 g/mol. The summed E-state index contributed by atoms with van der Waals surface area (Å²) in [5.74, 6) is 2.42. The molecule has 208 valence electrons. The van der Waals surface area contributed by atoms with E-state index in [0.717, 1.165) is 64.6 Å². The van der Waals surface area contributed by atoms with Crippen LogP contribution in [0.1, 0.15) is 34.7 Å². The third kappa shape index (κ3) is 8.15. The Bertz CT molecular complexity index is 1490. The van der Waals surface area contributed by atoms with Gasteiger partial charge in [-0.3, -0.25) is 0 Å². The minimum absolute atomic E-state index is 0.466. The standard InChI is InChI=1S/C37H37NO3/c1-2-38-35-23-24-36(40-27-31-15-8-4-9-16-31)37(41-28-32-17-10-5-11-18-32)34(35)22-21-29-19-12-20-33(25-29)39-26-30-13-6-3-7-14-30/h3-20,23-25,38H,2,21-22,26-28H2,1H3. The lowest BCUT2D eigenvalue weighted by molar-refractivity contribution is 0.254. The molecule has 0 unspecified atom stereocenters. The molecule has 4 nitrogen and oxygen atoms in total. The Kier molecular flexibility index (Phi) is 9.93. The summed E-state index contributed by atoms with van der Waals surface area (Å²) in [5, 5.41) is 3.54. The second kappa shape index (κ2) is 14.6. The Labute approximate surface area is 243 Å². The Balaban J connectivity index is 1.37. The van der Waals surface area contributed by atoms with Crippen LogP contribution >= 0.6 is 0 Å². The lowest BCUT2D eigenvalue weighted by atomic mass is 10.0. The molecule has 4 heteroatoms. The normalized spacial score (nSPS) is 10.7. The first-order valence-electron chi connectivity index (χ1n) is 14.3. The van der Waals surface area contributed by atoms with Gasteiger partial charge in [-0.2, -0.15) is 0 Å². The summed E-state index contributed by atoms with van der Waals surface area (Å²) < 4.78 is 19.0. The van der Waals surface area contributed by atoms with Crippen LogP contribution in [-0.2, 0) is 32.7 Å². The minimum Gasteiger partial charge on any atom is -0.489 e. The minimum atomic E-state index is 0.466. The van der Waals surface area contributed by atoms with Gasteiger partial charge in [-0.15, -0.1) is 0 Å². The van der Waals surface area contributed by atoms with Crippen LogP contribution in [0.4, 0.5) is 5.69 Å². The van der Waals surface area contributed by atoms with Crippen molar-refractivity contribution in [2.24, 2.45) is 0 Å². The van der Waals surface area contributed by atoms with Gasteiger partial charge >= 0.3 is 0 Å². The summed E-state index contributed by atoms with van der Waals surface area (Å²) >= 11 is 0. The van der Waals surface area contributed by atoms with E-state index in [1.165, 1.54) is 5.56 Å². The summed E-state index contributed by atoms with van der Waals surface area (Å²) in [6, 6.07) is 43.2. The fourth-order valence-electron chi connectivity index (χ4n) is 4.75. The van der Waals surface area contributed by atoms with Crippen LogP contribution in [0.25, 0.3) is 0 Å². The molecule has 5 aromatic rings. The Morgan fingerprint density at radius 1 is 0.512 bits per heavy atom. The van der Waals surface area contributed by atoms with Crippen LogP contribution in [0.15, 0.2) is 127 Å². The SMILES string of the molecule is CCNc1ccc(OCc2ccccc2)c(OCc2ccccc2)c1CCc1cccc(OCc2ccccc2)c1. The molecule has 0 aliphatic rings. The zero-order valence-electron chi connectivity index (χ0n) is 23.6. The van der Waals surface area contributed by atoms with Crippen LogP contribution in [0, 0.1) is 0 Å². The Morgan fingerprint density at radius 3 is 1.68 bits per heavy atom. The van der Waals surface area contributed by atoms with Crippen LogP contribution in [0.3, 0.4) is 0 Å². The quantitative estimate of drug-likeness (QED) is 0.152. The summed E-state index contributed by atoms with van der Waals surface area (Å²) in [6.45, 7) is 4.42. The molecule has 0 bridgehead atoms. The first-order valence-corrected chi connectivity index (χ1v) is 14.3. The highest BCUT2D eigenvalue weighted by Gasteiger charge is 2.17. The van der Waals surface area contributed by atoms with Crippen molar-refractivity contribution >= 4 is 5.69 Å². The third-order valence-corrected chi connectivity index (χ3v) is 6.87. The second-order valence-corrected chi connectivity index (χ2v) is 9.92. The first-order chi connectivity index (χ1) is 20.3. The molecular formula is C37H37NO3. The highest BCUT2D eigenvalue weighted by atomic mass is 16.5. The van der Waals surface area contributed by atoms with Crippen molar-refractivity contribution in [2.45, 2.75) is 39.6 Å². The highest BCUT2D eigenvalue weighted by Crippen LogP contribution is 2.38. The number of anilines is 1. The van der Waals surface area contributed by atoms with Gasteiger partial charge in [-0.05, 0) is 66.3 Å². The number of hydrogen-bond donors (Lipinski definition) is 1. The zero-order chi connectivity index (χ0) is 28.1. The molecule has 0 saturated heterocycles. The van der Waals surface area contributed by atoms with Gasteiger partial charge in [-0.1, -0.05) is 103 Å². The molecule has 0 heterocycles. The van der Waals surface area contributed by atoms with Crippen molar-refractivity contribution in [3.05, 3.63) is 155 Å². The summed E-state index contributed by atoms with van der Waals surface area (Å²) in [5.41, 5.74) is 6.78. The van der Waals surface area contributed by atoms with Gasteiger partial charge in [0.2, 0.25) is 0 Å². The van der Waals surface area contributed by atoms with E-state index in [-0.39, 0.29) is 0 Å². The Hall–Kier alpha value is -4.70. The van der Waals surface area contributed by atoms with Crippen LogP contribution in [0.2, 0.25) is 0 Å². The summed E-state index contributed by atoms with van der Waals surface area (Å²) in [7, 11) is 0. The Morgan fingerprint density at radius 2 is 1.07 bits per heavy atom.